The van der Waals surface area contributed by atoms with Crippen molar-refractivity contribution in [1.29, 1.82) is 0 Å². The summed E-state index contributed by atoms with van der Waals surface area (Å²) in [4.78, 5) is 19.0. The number of rotatable bonds is 3. The molecule has 2 saturated heterocycles. The summed E-state index contributed by atoms with van der Waals surface area (Å²) in [7, 11) is 0. The molecule has 0 radical (unpaired) electrons. The van der Waals surface area contributed by atoms with Crippen molar-refractivity contribution in [3.05, 3.63) is 59.4 Å². The average molecular weight is 343 g/mol. The Hall–Kier alpha value is -2.07. The van der Waals surface area contributed by atoms with Gasteiger partial charge in [0.25, 0.3) is 5.91 Å². The third kappa shape index (κ3) is 2.86. The Labute approximate surface area is 146 Å². The summed E-state index contributed by atoms with van der Waals surface area (Å²) >= 11 is 6.21. The molecule has 2 aliphatic rings. The second-order valence-corrected chi connectivity index (χ2v) is 6.88. The predicted molar refractivity (Wildman–Crippen MR) is 92.3 cm³/mol. The van der Waals surface area contributed by atoms with Gasteiger partial charge in [0.1, 0.15) is 11.9 Å². The number of carbonyl (C=O) groups excluding carboxylic acids is 1. The lowest BCUT2D eigenvalue weighted by Gasteiger charge is -2.39. The summed E-state index contributed by atoms with van der Waals surface area (Å²) in [5.74, 6) is 0.899. The first-order chi connectivity index (χ1) is 11.7. The first kappa shape index (κ1) is 15.5. The van der Waals surface area contributed by atoms with E-state index >= 15 is 0 Å². The highest BCUT2D eigenvalue weighted by Gasteiger charge is 2.44. The Morgan fingerprint density at radius 3 is 2.42 bits per heavy atom. The quantitative estimate of drug-likeness (QED) is 0.848. The number of hydrogen-bond donors (Lipinski definition) is 0. The van der Waals surface area contributed by atoms with Crippen molar-refractivity contribution < 1.29 is 9.53 Å². The summed E-state index contributed by atoms with van der Waals surface area (Å²) in [6.45, 7) is 0. The maximum atomic E-state index is 12.9. The summed E-state index contributed by atoms with van der Waals surface area (Å²) < 4.78 is 6.09. The smallest absolute Gasteiger partial charge is 0.255 e. The van der Waals surface area contributed by atoms with Gasteiger partial charge in [0, 0.05) is 37.3 Å². The molecule has 1 amide bonds. The highest BCUT2D eigenvalue weighted by atomic mass is 35.5. The molecule has 5 heteroatoms. The van der Waals surface area contributed by atoms with Crippen LogP contribution in [0.3, 0.4) is 0 Å². The van der Waals surface area contributed by atoms with Crippen LogP contribution in [0.5, 0.6) is 5.75 Å². The monoisotopic (exact) mass is 342 g/mol. The lowest BCUT2D eigenvalue weighted by atomic mass is 9.98. The number of benzene rings is 1. The van der Waals surface area contributed by atoms with Crippen LogP contribution >= 0.6 is 11.6 Å². The fourth-order valence-corrected chi connectivity index (χ4v) is 4.15. The van der Waals surface area contributed by atoms with Gasteiger partial charge in [-0.25, -0.2) is 0 Å². The van der Waals surface area contributed by atoms with Crippen molar-refractivity contribution in [2.45, 2.75) is 43.9 Å². The Kier molecular flexibility index (Phi) is 4.15. The number of aromatic nitrogens is 1. The topological polar surface area (TPSA) is 42.4 Å². The van der Waals surface area contributed by atoms with Crippen molar-refractivity contribution in [1.82, 2.24) is 9.88 Å². The molecule has 4 nitrogen and oxygen atoms in total. The molecule has 2 bridgehead atoms. The molecular weight excluding hydrogens is 324 g/mol. The molecule has 124 valence electrons. The number of nitrogens with zero attached hydrogens (tertiary/aromatic N) is 2. The van der Waals surface area contributed by atoms with Gasteiger partial charge in [0.2, 0.25) is 0 Å². The van der Waals surface area contributed by atoms with Crippen LogP contribution in [-0.4, -0.2) is 34.0 Å². The van der Waals surface area contributed by atoms with E-state index in [-0.39, 0.29) is 24.1 Å². The number of fused-ring (bicyclic) bond motifs is 2. The summed E-state index contributed by atoms with van der Waals surface area (Å²) in [6, 6.07) is 11.5. The molecule has 1 aromatic heterocycles. The lowest BCUT2D eigenvalue weighted by Crippen LogP contribution is -2.49. The van der Waals surface area contributed by atoms with Gasteiger partial charge in [0.05, 0.1) is 10.6 Å². The van der Waals surface area contributed by atoms with Gasteiger partial charge in [-0.3, -0.25) is 9.78 Å². The second-order valence-electron chi connectivity index (χ2n) is 6.47. The van der Waals surface area contributed by atoms with Crippen LogP contribution in [0.25, 0.3) is 0 Å². The first-order valence-corrected chi connectivity index (χ1v) is 8.74. The molecule has 0 aliphatic carbocycles. The van der Waals surface area contributed by atoms with E-state index in [0.29, 0.717) is 10.6 Å². The number of pyridine rings is 1. The standard InChI is InChI=1S/C19H19ClN2O2/c20-18-4-2-1-3-17(18)19(23)22-13-5-6-14(22)12-16(11-13)24-15-7-9-21-10-8-15/h1-4,7-10,13-14,16H,5-6,11-12H2. The summed E-state index contributed by atoms with van der Waals surface area (Å²) in [5, 5.41) is 0.525. The molecule has 4 rings (SSSR count). The molecule has 0 spiro atoms. The predicted octanol–water partition coefficient (Wildman–Crippen LogP) is 3.95. The molecule has 3 heterocycles. The van der Waals surface area contributed by atoms with Crippen molar-refractivity contribution in [3.63, 3.8) is 0 Å². The van der Waals surface area contributed by atoms with E-state index in [4.69, 9.17) is 16.3 Å². The van der Waals surface area contributed by atoms with Crippen LogP contribution in [0.15, 0.2) is 48.8 Å². The molecule has 2 aliphatic heterocycles. The number of hydrogen-bond acceptors (Lipinski definition) is 3. The molecule has 0 N–H and O–H groups in total. The van der Waals surface area contributed by atoms with Crippen LogP contribution < -0.4 is 4.74 Å². The number of ether oxygens (including phenoxy) is 1. The van der Waals surface area contributed by atoms with Crippen molar-refractivity contribution in [2.75, 3.05) is 0 Å². The number of piperidine rings is 1. The van der Waals surface area contributed by atoms with E-state index in [2.05, 4.69) is 4.98 Å². The van der Waals surface area contributed by atoms with Gasteiger partial charge < -0.3 is 9.64 Å². The highest BCUT2D eigenvalue weighted by molar-refractivity contribution is 6.33. The maximum absolute atomic E-state index is 12.9. The maximum Gasteiger partial charge on any atom is 0.255 e. The molecule has 0 saturated carbocycles. The minimum absolute atomic E-state index is 0.0514. The molecule has 1 aromatic carbocycles. The van der Waals surface area contributed by atoms with Crippen molar-refractivity contribution in [3.8, 4) is 5.75 Å². The van der Waals surface area contributed by atoms with E-state index in [1.165, 1.54) is 0 Å². The molecule has 24 heavy (non-hydrogen) atoms. The third-order valence-corrected chi connectivity index (χ3v) is 5.31. The van der Waals surface area contributed by atoms with Gasteiger partial charge >= 0.3 is 0 Å². The summed E-state index contributed by atoms with van der Waals surface area (Å²) in [5.41, 5.74) is 0.601. The van der Waals surface area contributed by atoms with E-state index in [1.54, 1.807) is 18.5 Å². The number of halogens is 1. The number of carbonyl (C=O) groups is 1. The zero-order chi connectivity index (χ0) is 16.5. The fraction of sp³-hybridized carbons (Fsp3) is 0.368. The Morgan fingerprint density at radius 1 is 1.08 bits per heavy atom. The zero-order valence-electron chi connectivity index (χ0n) is 13.3. The molecule has 2 aromatic rings. The largest absolute Gasteiger partial charge is 0.490 e. The van der Waals surface area contributed by atoms with Crippen LogP contribution in [0.4, 0.5) is 0 Å². The Balaban J connectivity index is 1.49. The van der Waals surface area contributed by atoms with E-state index in [9.17, 15) is 4.79 Å². The van der Waals surface area contributed by atoms with Crippen LogP contribution in [0.1, 0.15) is 36.0 Å². The Morgan fingerprint density at radius 2 is 1.75 bits per heavy atom. The van der Waals surface area contributed by atoms with Crippen molar-refractivity contribution in [2.24, 2.45) is 0 Å². The van der Waals surface area contributed by atoms with Crippen molar-refractivity contribution >= 4 is 17.5 Å². The van der Waals surface area contributed by atoms with E-state index in [1.807, 2.05) is 35.2 Å². The fourth-order valence-electron chi connectivity index (χ4n) is 3.94. The average Bonchev–Trinajstić information content (AvgIpc) is 2.86. The van der Waals surface area contributed by atoms with Gasteiger partial charge in [-0.15, -0.1) is 0 Å². The molecule has 2 fully saturated rings. The highest BCUT2D eigenvalue weighted by Crippen LogP contribution is 2.38. The molecule has 2 atom stereocenters. The zero-order valence-corrected chi connectivity index (χ0v) is 14.0. The molecular formula is C19H19ClN2O2. The van der Waals surface area contributed by atoms with Crippen LogP contribution in [0, 0.1) is 0 Å². The van der Waals surface area contributed by atoms with Crippen LogP contribution in [0.2, 0.25) is 5.02 Å². The lowest BCUT2D eigenvalue weighted by molar-refractivity contribution is 0.0359. The van der Waals surface area contributed by atoms with Crippen LogP contribution in [-0.2, 0) is 0 Å². The van der Waals surface area contributed by atoms with Gasteiger partial charge in [-0.1, -0.05) is 23.7 Å². The minimum atomic E-state index is 0.0514. The molecule has 2 unspecified atom stereocenters. The van der Waals surface area contributed by atoms with E-state index < -0.39 is 0 Å². The normalized spacial score (nSPS) is 25.5. The minimum Gasteiger partial charge on any atom is -0.490 e. The Bertz CT molecular complexity index is 723. The van der Waals surface area contributed by atoms with Gasteiger partial charge in [0.15, 0.2) is 0 Å². The first-order valence-electron chi connectivity index (χ1n) is 8.36. The SMILES string of the molecule is O=C(c1ccccc1Cl)N1C2CCC1CC(Oc1ccncc1)C2. The number of amides is 1. The third-order valence-electron chi connectivity index (χ3n) is 4.98. The van der Waals surface area contributed by atoms with Gasteiger partial charge in [-0.05, 0) is 37.1 Å². The summed E-state index contributed by atoms with van der Waals surface area (Å²) in [6.07, 6.45) is 7.44. The second kappa shape index (κ2) is 6.44. The van der Waals surface area contributed by atoms with E-state index in [0.717, 1.165) is 31.4 Å². The van der Waals surface area contributed by atoms with Gasteiger partial charge in [-0.2, -0.15) is 0 Å².